The summed E-state index contributed by atoms with van der Waals surface area (Å²) >= 11 is 0. The third kappa shape index (κ3) is 2.19. The Hall–Kier alpha value is -1.09. The summed E-state index contributed by atoms with van der Waals surface area (Å²) in [7, 11) is 0. The van der Waals surface area contributed by atoms with E-state index in [0.717, 1.165) is 17.7 Å². The molecule has 88 valence electrons. The van der Waals surface area contributed by atoms with Gasteiger partial charge in [0.05, 0.1) is 0 Å². The number of rotatable bonds is 2. The van der Waals surface area contributed by atoms with E-state index in [9.17, 15) is 4.39 Å². The maximum atomic E-state index is 13.2. The highest BCUT2D eigenvalue weighted by molar-refractivity contribution is 5.39. The molecule has 0 radical (unpaired) electrons. The van der Waals surface area contributed by atoms with Crippen LogP contribution in [0.5, 0.6) is 5.75 Å². The molecule has 1 aromatic rings. The van der Waals surface area contributed by atoms with Crippen LogP contribution in [0.15, 0.2) is 18.2 Å². The number of aliphatic hydroxyl groups excluding tert-OH is 1. The molecule has 1 aliphatic heterocycles. The first kappa shape index (κ1) is 11.4. The van der Waals surface area contributed by atoms with Gasteiger partial charge in [0.2, 0.25) is 0 Å². The fraction of sp³-hybridized carbons (Fsp3) is 0.538. The SMILES string of the molecule is CC1(C)CC(CCO)c2cc(F)ccc2O1. The summed E-state index contributed by atoms with van der Waals surface area (Å²) in [5.74, 6) is 0.681. The third-order valence-electron chi connectivity index (χ3n) is 3.01. The number of hydrogen-bond acceptors (Lipinski definition) is 2. The Balaban J connectivity index is 2.39. The lowest BCUT2D eigenvalue weighted by Gasteiger charge is -2.37. The molecule has 2 rings (SSSR count). The zero-order chi connectivity index (χ0) is 11.8. The Morgan fingerprint density at radius 1 is 1.50 bits per heavy atom. The zero-order valence-electron chi connectivity index (χ0n) is 9.66. The molecule has 1 unspecified atom stereocenters. The lowest BCUT2D eigenvalue weighted by molar-refractivity contribution is 0.0669. The van der Waals surface area contributed by atoms with Crippen molar-refractivity contribution in [3.8, 4) is 5.75 Å². The van der Waals surface area contributed by atoms with Crippen LogP contribution in [0.4, 0.5) is 4.39 Å². The molecule has 1 N–H and O–H groups in total. The molecule has 0 spiro atoms. The molecule has 16 heavy (non-hydrogen) atoms. The maximum absolute atomic E-state index is 13.2. The van der Waals surface area contributed by atoms with Gasteiger partial charge in [0.15, 0.2) is 0 Å². The van der Waals surface area contributed by atoms with Crippen LogP contribution in [-0.2, 0) is 0 Å². The van der Waals surface area contributed by atoms with Crippen molar-refractivity contribution in [2.24, 2.45) is 0 Å². The van der Waals surface area contributed by atoms with Crippen molar-refractivity contribution in [1.29, 1.82) is 0 Å². The summed E-state index contributed by atoms with van der Waals surface area (Å²) in [6.07, 6.45) is 1.47. The Kier molecular flexibility index (Phi) is 2.89. The van der Waals surface area contributed by atoms with Crippen LogP contribution in [-0.4, -0.2) is 17.3 Å². The van der Waals surface area contributed by atoms with Gasteiger partial charge in [-0.2, -0.15) is 0 Å². The van der Waals surface area contributed by atoms with E-state index in [2.05, 4.69) is 0 Å². The summed E-state index contributed by atoms with van der Waals surface area (Å²) in [5, 5.41) is 9.05. The van der Waals surface area contributed by atoms with Crippen molar-refractivity contribution in [1.82, 2.24) is 0 Å². The molecule has 0 aromatic heterocycles. The van der Waals surface area contributed by atoms with E-state index in [4.69, 9.17) is 9.84 Å². The van der Waals surface area contributed by atoms with Gasteiger partial charge in [0.25, 0.3) is 0 Å². The molecular weight excluding hydrogens is 207 g/mol. The van der Waals surface area contributed by atoms with Crippen LogP contribution in [0, 0.1) is 5.82 Å². The highest BCUT2D eigenvalue weighted by Crippen LogP contribution is 2.42. The van der Waals surface area contributed by atoms with Gasteiger partial charge >= 0.3 is 0 Å². The molecule has 0 fully saturated rings. The topological polar surface area (TPSA) is 29.5 Å². The predicted octanol–water partition coefficient (Wildman–Crippen LogP) is 2.85. The monoisotopic (exact) mass is 224 g/mol. The van der Waals surface area contributed by atoms with E-state index >= 15 is 0 Å². The summed E-state index contributed by atoms with van der Waals surface area (Å²) in [5.41, 5.74) is 0.637. The number of ether oxygens (including phenoxy) is 1. The lowest BCUT2D eigenvalue weighted by Crippen LogP contribution is -2.35. The second kappa shape index (κ2) is 4.06. The van der Waals surface area contributed by atoms with Crippen molar-refractivity contribution in [2.75, 3.05) is 6.61 Å². The van der Waals surface area contributed by atoms with Gasteiger partial charge in [-0.25, -0.2) is 4.39 Å². The van der Waals surface area contributed by atoms with E-state index in [0.29, 0.717) is 6.42 Å². The highest BCUT2D eigenvalue weighted by Gasteiger charge is 2.33. The number of hydrogen-bond donors (Lipinski definition) is 1. The molecule has 0 saturated heterocycles. The standard InChI is InChI=1S/C13H17FO2/c1-13(2)8-9(5-6-15)11-7-10(14)3-4-12(11)16-13/h3-4,7,9,15H,5-6,8H2,1-2H3. The smallest absolute Gasteiger partial charge is 0.123 e. The second-order valence-electron chi connectivity index (χ2n) is 4.96. The van der Waals surface area contributed by atoms with Crippen LogP contribution < -0.4 is 4.74 Å². The fourth-order valence-corrected chi connectivity index (χ4v) is 2.39. The quantitative estimate of drug-likeness (QED) is 0.837. The minimum absolute atomic E-state index is 0.122. The number of aliphatic hydroxyl groups is 1. The van der Waals surface area contributed by atoms with Crippen LogP contribution in [0.3, 0.4) is 0 Å². The van der Waals surface area contributed by atoms with Gasteiger partial charge in [-0.15, -0.1) is 0 Å². The molecule has 0 bridgehead atoms. The lowest BCUT2D eigenvalue weighted by atomic mass is 9.82. The first-order chi connectivity index (χ1) is 7.52. The van der Waals surface area contributed by atoms with Crippen molar-refractivity contribution >= 4 is 0 Å². The first-order valence-electron chi connectivity index (χ1n) is 5.61. The minimum Gasteiger partial charge on any atom is -0.488 e. The molecular formula is C13H17FO2. The molecule has 2 nitrogen and oxygen atoms in total. The molecule has 1 aliphatic rings. The Labute approximate surface area is 95.1 Å². The van der Waals surface area contributed by atoms with Gasteiger partial charge < -0.3 is 9.84 Å². The van der Waals surface area contributed by atoms with E-state index in [-0.39, 0.29) is 23.9 Å². The van der Waals surface area contributed by atoms with E-state index in [1.54, 1.807) is 6.07 Å². The molecule has 0 amide bonds. The molecule has 1 heterocycles. The Bertz CT molecular complexity index is 388. The van der Waals surface area contributed by atoms with Crippen LogP contribution in [0.1, 0.15) is 38.2 Å². The van der Waals surface area contributed by atoms with Crippen molar-refractivity contribution < 1.29 is 14.2 Å². The van der Waals surface area contributed by atoms with Gasteiger partial charge in [-0.3, -0.25) is 0 Å². The Morgan fingerprint density at radius 3 is 2.94 bits per heavy atom. The normalized spacial score (nSPS) is 22.4. The molecule has 0 saturated carbocycles. The molecule has 1 aromatic carbocycles. The maximum Gasteiger partial charge on any atom is 0.123 e. The molecule has 3 heteroatoms. The summed E-state index contributed by atoms with van der Waals surface area (Å²) in [6.45, 7) is 4.16. The van der Waals surface area contributed by atoms with Gasteiger partial charge in [-0.1, -0.05) is 0 Å². The summed E-state index contributed by atoms with van der Waals surface area (Å²) in [6, 6.07) is 4.61. The Morgan fingerprint density at radius 2 is 2.25 bits per heavy atom. The van der Waals surface area contributed by atoms with E-state index < -0.39 is 0 Å². The van der Waals surface area contributed by atoms with E-state index in [1.165, 1.54) is 12.1 Å². The average molecular weight is 224 g/mol. The first-order valence-corrected chi connectivity index (χ1v) is 5.61. The fourth-order valence-electron chi connectivity index (χ4n) is 2.39. The average Bonchev–Trinajstić information content (AvgIpc) is 2.18. The molecule has 0 aliphatic carbocycles. The highest BCUT2D eigenvalue weighted by atomic mass is 19.1. The number of benzene rings is 1. The minimum atomic E-state index is -0.245. The van der Waals surface area contributed by atoms with Crippen LogP contribution in [0.2, 0.25) is 0 Å². The molecule has 1 atom stereocenters. The largest absolute Gasteiger partial charge is 0.488 e. The van der Waals surface area contributed by atoms with Crippen molar-refractivity contribution in [2.45, 2.75) is 38.2 Å². The van der Waals surface area contributed by atoms with Crippen molar-refractivity contribution in [3.05, 3.63) is 29.6 Å². The van der Waals surface area contributed by atoms with Crippen LogP contribution in [0.25, 0.3) is 0 Å². The van der Waals surface area contributed by atoms with Gasteiger partial charge in [0, 0.05) is 12.2 Å². The summed E-state index contributed by atoms with van der Waals surface area (Å²) in [4.78, 5) is 0. The number of halogens is 1. The number of fused-ring (bicyclic) bond motifs is 1. The van der Waals surface area contributed by atoms with Crippen LogP contribution >= 0.6 is 0 Å². The van der Waals surface area contributed by atoms with Gasteiger partial charge in [0.1, 0.15) is 17.2 Å². The predicted molar refractivity (Wildman–Crippen MR) is 60.2 cm³/mol. The second-order valence-corrected chi connectivity index (χ2v) is 4.96. The van der Waals surface area contributed by atoms with Gasteiger partial charge in [-0.05, 0) is 50.8 Å². The summed E-state index contributed by atoms with van der Waals surface area (Å²) < 4.78 is 19.0. The van der Waals surface area contributed by atoms with Crippen molar-refractivity contribution in [3.63, 3.8) is 0 Å². The zero-order valence-corrected chi connectivity index (χ0v) is 9.66. The van der Waals surface area contributed by atoms with E-state index in [1.807, 2.05) is 13.8 Å². The third-order valence-corrected chi connectivity index (χ3v) is 3.01.